The largest absolute Gasteiger partial charge is 0.467 e. The number of ether oxygens (including phenoxy) is 2. The van der Waals surface area contributed by atoms with Gasteiger partial charge in [-0.15, -0.1) is 0 Å². The number of thiazole rings is 1. The van der Waals surface area contributed by atoms with E-state index >= 15 is 0 Å². The molecule has 0 bridgehead atoms. The summed E-state index contributed by atoms with van der Waals surface area (Å²) in [7, 11) is 0. The molecular formula is C19H33N3O4S. The van der Waals surface area contributed by atoms with E-state index < -0.39 is 12.2 Å². The molecule has 154 valence electrons. The first kappa shape index (κ1) is 21.9. The maximum atomic E-state index is 11.8. The molecule has 1 fully saturated rings. The lowest BCUT2D eigenvalue weighted by molar-refractivity contribution is 0.104. The molecule has 8 heteroatoms. The van der Waals surface area contributed by atoms with Gasteiger partial charge in [0, 0.05) is 12.6 Å². The van der Waals surface area contributed by atoms with Crippen molar-refractivity contribution in [2.75, 3.05) is 25.1 Å². The van der Waals surface area contributed by atoms with Crippen molar-refractivity contribution in [1.29, 1.82) is 0 Å². The summed E-state index contributed by atoms with van der Waals surface area (Å²) >= 11 is 1.21. The lowest BCUT2D eigenvalue weighted by atomic mass is 10.0. The van der Waals surface area contributed by atoms with E-state index in [1.165, 1.54) is 49.6 Å². The number of hydrogen-bond acceptors (Lipinski definition) is 7. The number of amides is 1. The first-order chi connectivity index (χ1) is 13.0. The highest BCUT2D eigenvalue weighted by Gasteiger charge is 2.14. The topological polar surface area (TPSA) is 92.7 Å². The van der Waals surface area contributed by atoms with E-state index in [4.69, 9.17) is 9.47 Å². The van der Waals surface area contributed by atoms with Crippen LogP contribution in [0.15, 0.2) is 6.20 Å². The van der Waals surface area contributed by atoms with Gasteiger partial charge in [0.15, 0.2) is 0 Å². The maximum absolute atomic E-state index is 11.8. The van der Waals surface area contributed by atoms with Crippen LogP contribution in [0.1, 0.15) is 58.8 Å². The zero-order chi connectivity index (χ0) is 19.5. The first-order valence-corrected chi connectivity index (χ1v) is 10.8. The maximum Gasteiger partial charge on any atom is 0.412 e. The molecule has 0 aliphatic heterocycles. The summed E-state index contributed by atoms with van der Waals surface area (Å²) in [5.41, 5.74) is 0. The van der Waals surface area contributed by atoms with Gasteiger partial charge >= 0.3 is 6.09 Å². The van der Waals surface area contributed by atoms with Crippen molar-refractivity contribution in [1.82, 2.24) is 10.3 Å². The highest BCUT2D eigenvalue weighted by atomic mass is 32.1. The summed E-state index contributed by atoms with van der Waals surface area (Å²) in [4.78, 5) is 15.9. The molecule has 1 heterocycles. The summed E-state index contributed by atoms with van der Waals surface area (Å²) in [6.07, 6.45) is 9.20. The van der Waals surface area contributed by atoms with Crippen LogP contribution < -0.4 is 15.4 Å². The highest BCUT2D eigenvalue weighted by Crippen LogP contribution is 2.29. The number of unbranched alkanes of at least 4 members (excludes halogenated alkanes) is 1. The van der Waals surface area contributed by atoms with Gasteiger partial charge in [0.25, 0.3) is 5.19 Å². The number of carbonyl (C=O) groups is 1. The third kappa shape index (κ3) is 9.39. The van der Waals surface area contributed by atoms with E-state index in [1.54, 1.807) is 0 Å². The third-order valence-corrected chi connectivity index (χ3v) is 5.41. The van der Waals surface area contributed by atoms with Crippen LogP contribution in [0.4, 0.5) is 9.80 Å². The van der Waals surface area contributed by atoms with Crippen molar-refractivity contribution in [3.05, 3.63) is 6.20 Å². The molecule has 1 saturated carbocycles. The number of aliphatic hydroxyl groups is 1. The van der Waals surface area contributed by atoms with Gasteiger partial charge in [-0.05, 0) is 18.8 Å². The Morgan fingerprint density at radius 3 is 2.89 bits per heavy atom. The minimum Gasteiger partial charge on any atom is -0.467 e. The standard InChI is InChI=1S/C19H33N3O4S/c1-14(2)20-11-16(23)13-26-19-21-12-17(27-19)22-18(24)25-10-6-5-9-15-7-3-4-8-15/h12,14-16,20,23H,3-11,13H2,1-2H3,(H,22,24). The molecule has 2 rings (SSSR count). The van der Waals surface area contributed by atoms with Crippen LogP contribution in [0.2, 0.25) is 0 Å². The van der Waals surface area contributed by atoms with Crippen molar-refractivity contribution in [3.8, 4) is 5.19 Å². The van der Waals surface area contributed by atoms with E-state index in [2.05, 4.69) is 15.6 Å². The third-order valence-electron chi connectivity index (χ3n) is 4.59. The molecule has 1 aromatic rings. The SMILES string of the molecule is CC(C)NCC(O)COc1ncc(NC(=O)OCCCCC2CCCC2)s1. The molecule has 0 aromatic carbocycles. The lowest BCUT2D eigenvalue weighted by Crippen LogP contribution is -2.35. The Bertz CT molecular complexity index is 547. The molecule has 3 N–H and O–H groups in total. The summed E-state index contributed by atoms with van der Waals surface area (Å²) in [6, 6.07) is 0.309. The number of carbonyl (C=O) groups excluding carboxylic acids is 1. The molecule has 1 atom stereocenters. The van der Waals surface area contributed by atoms with Gasteiger partial charge in [0.2, 0.25) is 0 Å². The van der Waals surface area contributed by atoms with E-state index in [0.717, 1.165) is 18.8 Å². The van der Waals surface area contributed by atoms with Crippen LogP contribution in [0.3, 0.4) is 0 Å². The van der Waals surface area contributed by atoms with Gasteiger partial charge in [0.05, 0.1) is 12.8 Å². The first-order valence-electron chi connectivity index (χ1n) is 9.96. The van der Waals surface area contributed by atoms with Crippen molar-refractivity contribution in [2.45, 2.75) is 70.9 Å². The average molecular weight is 400 g/mol. The minimum absolute atomic E-state index is 0.151. The monoisotopic (exact) mass is 399 g/mol. The summed E-state index contributed by atoms with van der Waals surface area (Å²) < 4.78 is 10.7. The number of aromatic nitrogens is 1. The van der Waals surface area contributed by atoms with E-state index in [0.29, 0.717) is 29.4 Å². The fraction of sp³-hybridized carbons (Fsp3) is 0.789. The molecule has 7 nitrogen and oxygen atoms in total. The van der Waals surface area contributed by atoms with Crippen LogP contribution in [-0.4, -0.2) is 48.1 Å². The number of rotatable bonds is 12. The molecule has 1 aromatic heterocycles. The molecule has 0 saturated heterocycles. The second kappa shape index (κ2) is 12.2. The van der Waals surface area contributed by atoms with Crippen LogP contribution in [-0.2, 0) is 4.74 Å². The normalized spacial score (nSPS) is 15.9. The van der Waals surface area contributed by atoms with E-state index in [9.17, 15) is 9.90 Å². The second-order valence-corrected chi connectivity index (χ2v) is 8.42. The predicted molar refractivity (Wildman–Crippen MR) is 108 cm³/mol. The highest BCUT2D eigenvalue weighted by molar-refractivity contribution is 7.17. The van der Waals surface area contributed by atoms with Crippen molar-refractivity contribution < 1.29 is 19.4 Å². The number of nitrogens with one attached hydrogen (secondary N) is 2. The van der Waals surface area contributed by atoms with Gasteiger partial charge in [-0.3, -0.25) is 5.32 Å². The van der Waals surface area contributed by atoms with E-state index in [1.807, 2.05) is 13.8 Å². The molecule has 0 spiro atoms. The Kier molecular flexibility index (Phi) is 9.86. The Balaban J connectivity index is 1.55. The van der Waals surface area contributed by atoms with Crippen LogP contribution >= 0.6 is 11.3 Å². The molecule has 0 radical (unpaired) electrons. The lowest BCUT2D eigenvalue weighted by Gasteiger charge is -2.13. The Hall–Kier alpha value is -1.38. The van der Waals surface area contributed by atoms with Crippen LogP contribution in [0.5, 0.6) is 5.19 Å². The zero-order valence-electron chi connectivity index (χ0n) is 16.4. The summed E-state index contributed by atoms with van der Waals surface area (Å²) in [5, 5.41) is 16.6. The van der Waals surface area contributed by atoms with Gasteiger partial charge < -0.3 is 19.9 Å². The molecule has 1 amide bonds. The Labute approximate surface area is 165 Å². The average Bonchev–Trinajstić information content (AvgIpc) is 3.29. The molecule has 27 heavy (non-hydrogen) atoms. The zero-order valence-corrected chi connectivity index (χ0v) is 17.2. The molecule has 1 unspecified atom stereocenters. The predicted octanol–water partition coefficient (Wildman–Crippen LogP) is 3.79. The molecular weight excluding hydrogens is 366 g/mol. The molecule has 1 aliphatic rings. The Morgan fingerprint density at radius 2 is 2.15 bits per heavy atom. The smallest absolute Gasteiger partial charge is 0.412 e. The quantitative estimate of drug-likeness (QED) is 0.463. The van der Waals surface area contributed by atoms with Crippen LogP contribution in [0.25, 0.3) is 0 Å². The van der Waals surface area contributed by atoms with Crippen molar-refractivity contribution in [2.24, 2.45) is 5.92 Å². The van der Waals surface area contributed by atoms with E-state index in [-0.39, 0.29) is 6.61 Å². The fourth-order valence-corrected chi connectivity index (χ4v) is 3.78. The van der Waals surface area contributed by atoms with Gasteiger partial charge in [-0.1, -0.05) is 57.3 Å². The number of nitrogens with zero attached hydrogens (tertiary/aromatic N) is 1. The van der Waals surface area contributed by atoms with Crippen molar-refractivity contribution in [3.63, 3.8) is 0 Å². The van der Waals surface area contributed by atoms with Gasteiger partial charge in [-0.2, -0.15) is 0 Å². The molecule has 1 aliphatic carbocycles. The van der Waals surface area contributed by atoms with Gasteiger partial charge in [-0.25, -0.2) is 9.78 Å². The van der Waals surface area contributed by atoms with Crippen LogP contribution in [0, 0.1) is 5.92 Å². The summed E-state index contributed by atoms with van der Waals surface area (Å²) in [5.74, 6) is 0.883. The van der Waals surface area contributed by atoms with Gasteiger partial charge in [0.1, 0.15) is 17.7 Å². The fourth-order valence-electron chi connectivity index (χ4n) is 3.12. The second-order valence-electron chi connectivity index (χ2n) is 7.43. The summed E-state index contributed by atoms with van der Waals surface area (Å²) in [6.45, 7) is 5.08. The Morgan fingerprint density at radius 1 is 1.37 bits per heavy atom. The van der Waals surface area contributed by atoms with Crippen molar-refractivity contribution >= 4 is 22.4 Å². The minimum atomic E-state index is -0.609. The number of aliphatic hydroxyl groups excluding tert-OH is 1. The number of hydrogen-bond donors (Lipinski definition) is 3. The number of anilines is 1.